The summed E-state index contributed by atoms with van der Waals surface area (Å²) in [7, 11) is 0. The van der Waals surface area contributed by atoms with Crippen molar-refractivity contribution in [2.24, 2.45) is 5.92 Å². The number of nitrogens with zero attached hydrogens (tertiary/aromatic N) is 1. The van der Waals surface area contributed by atoms with E-state index in [-0.39, 0.29) is 17.1 Å². The van der Waals surface area contributed by atoms with Gasteiger partial charge < -0.3 is 14.8 Å². The summed E-state index contributed by atoms with van der Waals surface area (Å²) in [4.78, 5) is 11.6. The molecule has 0 aromatic carbocycles. The number of hydrogen-bond donors (Lipinski definition) is 2. The fraction of sp³-hybridized carbons (Fsp3) is 0.615. The van der Waals surface area contributed by atoms with Gasteiger partial charge in [-0.2, -0.15) is 0 Å². The van der Waals surface area contributed by atoms with Crippen LogP contribution >= 0.6 is 0 Å². The molecule has 0 saturated heterocycles. The molecule has 4 nitrogen and oxygen atoms in total. The summed E-state index contributed by atoms with van der Waals surface area (Å²) < 4.78 is 1.47. The Bertz CT molecular complexity index is 412. The Hall–Kier alpha value is -1.45. The van der Waals surface area contributed by atoms with Gasteiger partial charge in [-0.3, -0.25) is 4.79 Å². The highest BCUT2D eigenvalue weighted by Crippen LogP contribution is 2.21. The Kier molecular flexibility index (Phi) is 5.07. The quantitative estimate of drug-likeness (QED) is 0.801. The van der Waals surface area contributed by atoms with E-state index >= 15 is 0 Å². The van der Waals surface area contributed by atoms with Gasteiger partial charge in [0.2, 0.25) is 0 Å². The zero-order chi connectivity index (χ0) is 12.8. The van der Waals surface area contributed by atoms with Gasteiger partial charge in [-0.15, -0.1) is 0 Å². The number of aromatic hydroxyl groups is 2. The van der Waals surface area contributed by atoms with Crippen LogP contribution in [-0.2, 0) is 6.54 Å². The number of aromatic nitrogens is 1. The molecule has 1 aromatic heterocycles. The maximum Gasteiger partial charge on any atom is 0.254 e. The maximum atomic E-state index is 11.6. The van der Waals surface area contributed by atoms with Crippen molar-refractivity contribution in [1.82, 2.24) is 4.57 Å². The van der Waals surface area contributed by atoms with E-state index in [0.717, 1.165) is 31.7 Å². The molecule has 0 radical (unpaired) electrons. The second-order valence-corrected chi connectivity index (χ2v) is 4.45. The molecule has 1 atom stereocenters. The zero-order valence-corrected chi connectivity index (χ0v) is 10.5. The van der Waals surface area contributed by atoms with Gasteiger partial charge >= 0.3 is 0 Å². The molecule has 0 aliphatic heterocycles. The molecule has 2 N–H and O–H groups in total. The van der Waals surface area contributed by atoms with E-state index in [1.165, 1.54) is 10.8 Å². The van der Waals surface area contributed by atoms with Crippen LogP contribution in [0.3, 0.4) is 0 Å². The second-order valence-electron chi connectivity index (χ2n) is 4.45. The number of rotatable bonds is 6. The van der Waals surface area contributed by atoms with Crippen LogP contribution < -0.4 is 5.56 Å². The van der Waals surface area contributed by atoms with E-state index in [2.05, 4.69) is 13.8 Å². The molecule has 1 heterocycles. The molecule has 0 amide bonds. The van der Waals surface area contributed by atoms with Crippen molar-refractivity contribution in [2.45, 2.75) is 46.1 Å². The van der Waals surface area contributed by atoms with E-state index < -0.39 is 0 Å². The highest BCUT2D eigenvalue weighted by molar-refractivity contribution is 5.33. The van der Waals surface area contributed by atoms with Gasteiger partial charge in [-0.25, -0.2) is 0 Å². The molecule has 17 heavy (non-hydrogen) atoms. The normalized spacial score (nSPS) is 12.6. The first-order chi connectivity index (χ1) is 8.08. The van der Waals surface area contributed by atoms with Crippen LogP contribution in [0.2, 0.25) is 0 Å². The molecule has 0 fully saturated rings. The molecule has 1 aromatic rings. The molecule has 96 valence electrons. The van der Waals surface area contributed by atoms with Crippen molar-refractivity contribution in [1.29, 1.82) is 0 Å². The fourth-order valence-electron chi connectivity index (χ4n) is 1.89. The van der Waals surface area contributed by atoms with E-state index in [4.69, 9.17) is 0 Å². The monoisotopic (exact) mass is 239 g/mol. The molecule has 0 aliphatic rings. The predicted molar refractivity (Wildman–Crippen MR) is 67.3 cm³/mol. The van der Waals surface area contributed by atoms with Gasteiger partial charge in [0.1, 0.15) is 0 Å². The lowest BCUT2D eigenvalue weighted by molar-refractivity contribution is 0.366. The van der Waals surface area contributed by atoms with Gasteiger partial charge in [0.05, 0.1) is 6.20 Å². The SMILES string of the molecule is CCCCC(CC)Cn1cc(O)c(O)cc1=O. The van der Waals surface area contributed by atoms with E-state index in [1.54, 1.807) is 0 Å². The third-order valence-corrected chi connectivity index (χ3v) is 3.08. The minimum Gasteiger partial charge on any atom is -0.504 e. The fourth-order valence-corrected chi connectivity index (χ4v) is 1.89. The summed E-state index contributed by atoms with van der Waals surface area (Å²) in [6, 6.07) is 1.06. The van der Waals surface area contributed by atoms with Crippen molar-refractivity contribution in [2.75, 3.05) is 0 Å². The van der Waals surface area contributed by atoms with Gasteiger partial charge in [-0.05, 0) is 12.3 Å². The first-order valence-electron chi connectivity index (χ1n) is 6.20. The highest BCUT2D eigenvalue weighted by Gasteiger charge is 2.10. The third kappa shape index (κ3) is 3.80. The zero-order valence-electron chi connectivity index (χ0n) is 10.5. The van der Waals surface area contributed by atoms with Crippen molar-refractivity contribution >= 4 is 0 Å². The Morgan fingerprint density at radius 1 is 1.29 bits per heavy atom. The Morgan fingerprint density at radius 2 is 2.00 bits per heavy atom. The summed E-state index contributed by atoms with van der Waals surface area (Å²) in [6.07, 6.45) is 5.70. The average molecular weight is 239 g/mol. The predicted octanol–water partition coefficient (Wildman–Crippen LogP) is 2.48. The first kappa shape index (κ1) is 13.6. The topological polar surface area (TPSA) is 62.5 Å². The third-order valence-electron chi connectivity index (χ3n) is 3.08. The first-order valence-corrected chi connectivity index (χ1v) is 6.20. The lowest BCUT2D eigenvalue weighted by atomic mass is 9.99. The molecule has 1 rings (SSSR count). The van der Waals surface area contributed by atoms with E-state index in [0.29, 0.717) is 12.5 Å². The van der Waals surface area contributed by atoms with Gasteiger partial charge in [-0.1, -0.05) is 33.1 Å². The van der Waals surface area contributed by atoms with E-state index in [1.807, 2.05) is 0 Å². The summed E-state index contributed by atoms with van der Waals surface area (Å²) in [6.45, 7) is 4.85. The van der Waals surface area contributed by atoms with Crippen LogP contribution in [0.4, 0.5) is 0 Å². The van der Waals surface area contributed by atoms with Crippen molar-refractivity contribution in [3.63, 3.8) is 0 Å². The maximum absolute atomic E-state index is 11.6. The number of unbranched alkanes of at least 4 members (excludes halogenated alkanes) is 1. The minimum atomic E-state index is -0.354. The largest absolute Gasteiger partial charge is 0.504 e. The molecular weight excluding hydrogens is 218 g/mol. The highest BCUT2D eigenvalue weighted by atomic mass is 16.3. The van der Waals surface area contributed by atoms with Crippen LogP contribution in [0.25, 0.3) is 0 Å². The Labute approximate surface area is 102 Å². The number of pyridine rings is 1. The van der Waals surface area contributed by atoms with Gasteiger partial charge in [0.15, 0.2) is 11.5 Å². The molecule has 4 heteroatoms. The van der Waals surface area contributed by atoms with Crippen LogP contribution in [0, 0.1) is 5.92 Å². The summed E-state index contributed by atoms with van der Waals surface area (Å²) >= 11 is 0. The van der Waals surface area contributed by atoms with Crippen LogP contribution in [-0.4, -0.2) is 14.8 Å². The van der Waals surface area contributed by atoms with Crippen LogP contribution in [0.5, 0.6) is 11.5 Å². The van der Waals surface area contributed by atoms with E-state index in [9.17, 15) is 15.0 Å². The second kappa shape index (κ2) is 6.33. The molecule has 0 saturated carbocycles. The minimum absolute atomic E-state index is 0.241. The Morgan fingerprint density at radius 3 is 2.59 bits per heavy atom. The van der Waals surface area contributed by atoms with Crippen molar-refractivity contribution in [3.8, 4) is 11.5 Å². The standard InChI is InChI=1S/C13H21NO3/c1-3-5-6-10(4-2)8-14-9-12(16)11(15)7-13(14)17/h7,9-10,15-16H,3-6,8H2,1-2H3. The van der Waals surface area contributed by atoms with Crippen molar-refractivity contribution in [3.05, 3.63) is 22.6 Å². The van der Waals surface area contributed by atoms with Gasteiger partial charge in [0.25, 0.3) is 5.56 Å². The Balaban J connectivity index is 2.79. The summed E-state index contributed by atoms with van der Waals surface area (Å²) in [5.41, 5.74) is -0.268. The van der Waals surface area contributed by atoms with Crippen molar-refractivity contribution < 1.29 is 10.2 Å². The molecule has 0 aliphatic carbocycles. The smallest absolute Gasteiger partial charge is 0.254 e. The summed E-state index contributed by atoms with van der Waals surface area (Å²) in [5.74, 6) is -0.153. The summed E-state index contributed by atoms with van der Waals surface area (Å²) in [5, 5.41) is 18.6. The lowest BCUT2D eigenvalue weighted by Crippen LogP contribution is -2.22. The number of hydrogen-bond acceptors (Lipinski definition) is 3. The molecule has 0 spiro atoms. The van der Waals surface area contributed by atoms with Crippen LogP contribution in [0.1, 0.15) is 39.5 Å². The lowest BCUT2D eigenvalue weighted by Gasteiger charge is -2.16. The molecular formula is C13H21NO3. The van der Waals surface area contributed by atoms with Gasteiger partial charge in [0, 0.05) is 12.6 Å². The van der Waals surface area contributed by atoms with Crippen LogP contribution in [0.15, 0.2) is 17.1 Å². The molecule has 1 unspecified atom stereocenters. The molecule has 0 bridgehead atoms. The average Bonchev–Trinajstić information content (AvgIpc) is 2.30.